The molecule has 3 heteroatoms. The van der Waals surface area contributed by atoms with Gasteiger partial charge in [-0.25, -0.2) is 4.98 Å². The van der Waals surface area contributed by atoms with Gasteiger partial charge in [0.05, 0.1) is 0 Å². The third-order valence-corrected chi connectivity index (χ3v) is 2.28. The van der Waals surface area contributed by atoms with Crippen LogP contribution in [0.25, 0.3) is 0 Å². The molecule has 0 aromatic carbocycles. The fourth-order valence-corrected chi connectivity index (χ4v) is 1.21. The molecule has 0 spiro atoms. The first-order chi connectivity index (χ1) is 5.72. The van der Waals surface area contributed by atoms with Crippen molar-refractivity contribution in [1.82, 2.24) is 4.98 Å². The summed E-state index contributed by atoms with van der Waals surface area (Å²) in [6.45, 7) is 2.09. The van der Waals surface area contributed by atoms with Crippen molar-refractivity contribution < 1.29 is 0 Å². The molecule has 1 aromatic heterocycles. The summed E-state index contributed by atoms with van der Waals surface area (Å²) in [4.78, 5) is 4.13. The molecule has 0 bridgehead atoms. The highest BCUT2D eigenvalue weighted by Gasteiger charge is 2.00. The van der Waals surface area contributed by atoms with E-state index in [-0.39, 0.29) is 6.04 Å². The van der Waals surface area contributed by atoms with Gasteiger partial charge in [0.15, 0.2) is 0 Å². The highest BCUT2D eigenvalue weighted by molar-refractivity contribution is 9.10. The van der Waals surface area contributed by atoms with Gasteiger partial charge in [-0.05, 0) is 40.4 Å². The Balaban J connectivity index is 2.58. The molecule has 0 saturated heterocycles. The van der Waals surface area contributed by atoms with Gasteiger partial charge in [-0.15, -0.1) is 0 Å². The molecule has 2 nitrogen and oxygen atoms in total. The third kappa shape index (κ3) is 2.91. The van der Waals surface area contributed by atoms with Crippen LogP contribution in [-0.2, 0) is 6.42 Å². The molecule has 0 saturated carbocycles. The maximum atomic E-state index is 5.80. The van der Waals surface area contributed by atoms with Crippen LogP contribution in [0.3, 0.4) is 0 Å². The Morgan fingerprint density at radius 3 is 2.83 bits per heavy atom. The number of halogens is 1. The first kappa shape index (κ1) is 9.68. The van der Waals surface area contributed by atoms with Crippen molar-refractivity contribution in [3.05, 3.63) is 28.5 Å². The van der Waals surface area contributed by atoms with Crippen molar-refractivity contribution >= 4 is 15.9 Å². The van der Waals surface area contributed by atoms with E-state index in [0.29, 0.717) is 0 Å². The van der Waals surface area contributed by atoms with Gasteiger partial charge in [0.1, 0.15) is 4.60 Å². The van der Waals surface area contributed by atoms with Gasteiger partial charge in [-0.1, -0.05) is 13.0 Å². The number of nitrogens with zero attached hydrogens (tertiary/aromatic N) is 1. The second-order valence-corrected chi connectivity index (χ2v) is 3.67. The minimum Gasteiger partial charge on any atom is -0.327 e. The highest BCUT2D eigenvalue weighted by Crippen LogP contribution is 2.08. The van der Waals surface area contributed by atoms with E-state index in [0.717, 1.165) is 17.4 Å². The Morgan fingerprint density at radius 1 is 1.58 bits per heavy atom. The van der Waals surface area contributed by atoms with Gasteiger partial charge in [0.2, 0.25) is 0 Å². The summed E-state index contributed by atoms with van der Waals surface area (Å²) in [5, 5.41) is 0. The van der Waals surface area contributed by atoms with Crippen LogP contribution in [0.5, 0.6) is 0 Å². The van der Waals surface area contributed by atoms with Crippen molar-refractivity contribution in [2.24, 2.45) is 5.73 Å². The zero-order chi connectivity index (χ0) is 8.97. The summed E-state index contributed by atoms with van der Waals surface area (Å²) < 4.78 is 0.872. The molecule has 1 unspecified atom stereocenters. The Kier molecular flexibility index (Phi) is 3.69. The van der Waals surface area contributed by atoms with Gasteiger partial charge in [-0.3, -0.25) is 0 Å². The lowest BCUT2D eigenvalue weighted by molar-refractivity contribution is 0.645. The largest absolute Gasteiger partial charge is 0.327 e. The molecule has 66 valence electrons. The predicted octanol–water partition coefficient (Wildman–Crippen LogP) is 2.12. The average molecular weight is 229 g/mol. The molecule has 0 fully saturated rings. The van der Waals surface area contributed by atoms with Crippen LogP contribution in [0, 0.1) is 0 Å². The Bertz CT molecular complexity index is 233. The number of pyridine rings is 1. The number of hydrogen-bond acceptors (Lipinski definition) is 2. The average Bonchev–Trinajstić information content (AvgIpc) is 2.09. The second-order valence-electron chi connectivity index (χ2n) is 2.86. The summed E-state index contributed by atoms with van der Waals surface area (Å²) >= 11 is 3.29. The van der Waals surface area contributed by atoms with Crippen molar-refractivity contribution in [2.75, 3.05) is 0 Å². The fourth-order valence-electron chi connectivity index (χ4n) is 0.974. The lowest BCUT2D eigenvalue weighted by Crippen LogP contribution is -2.21. The molecule has 2 N–H and O–H groups in total. The predicted molar refractivity (Wildman–Crippen MR) is 53.9 cm³/mol. The van der Waals surface area contributed by atoms with Crippen LogP contribution in [0.1, 0.15) is 18.9 Å². The topological polar surface area (TPSA) is 38.9 Å². The van der Waals surface area contributed by atoms with Gasteiger partial charge >= 0.3 is 0 Å². The molecule has 0 radical (unpaired) electrons. The Morgan fingerprint density at radius 2 is 2.33 bits per heavy atom. The molecule has 1 heterocycles. The van der Waals surface area contributed by atoms with Crippen molar-refractivity contribution in [3.8, 4) is 0 Å². The van der Waals surface area contributed by atoms with Gasteiger partial charge in [-0.2, -0.15) is 0 Å². The second kappa shape index (κ2) is 4.58. The van der Waals surface area contributed by atoms with Crippen LogP contribution < -0.4 is 5.73 Å². The molecule has 0 aliphatic carbocycles. The zero-order valence-corrected chi connectivity index (χ0v) is 8.71. The van der Waals surface area contributed by atoms with Crippen molar-refractivity contribution in [3.63, 3.8) is 0 Å². The summed E-state index contributed by atoms with van der Waals surface area (Å²) in [6, 6.07) is 4.25. The maximum Gasteiger partial charge on any atom is 0.106 e. The summed E-state index contributed by atoms with van der Waals surface area (Å²) in [6.07, 6.45) is 3.78. The van der Waals surface area contributed by atoms with Crippen LogP contribution in [-0.4, -0.2) is 11.0 Å². The summed E-state index contributed by atoms with van der Waals surface area (Å²) in [7, 11) is 0. The van der Waals surface area contributed by atoms with Gasteiger partial charge < -0.3 is 5.73 Å². The normalized spacial score (nSPS) is 12.9. The molecule has 0 amide bonds. The van der Waals surface area contributed by atoms with Crippen molar-refractivity contribution in [1.29, 1.82) is 0 Å². The van der Waals surface area contributed by atoms with E-state index in [1.54, 1.807) is 0 Å². The van der Waals surface area contributed by atoms with Crippen LogP contribution in [0.4, 0.5) is 0 Å². The number of aromatic nitrogens is 1. The molecule has 12 heavy (non-hydrogen) atoms. The van der Waals surface area contributed by atoms with E-state index >= 15 is 0 Å². The molecule has 0 aliphatic heterocycles. The van der Waals surface area contributed by atoms with E-state index in [2.05, 4.69) is 27.8 Å². The van der Waals surface area contributed by atoms with E-state index in [1.807, 2.05) is 18.3 Å². The lowest BCUT2D eigenvalue weighted by Gasteiger charge is -2.07. The number of nitrogens with two attached hydrogens (primary N) is 1. The quantitative estimate of drug-likeness (QED) is 0.806. The zero-order valence-electron chi connectivity index (χ0n) is 7.13. The van der Waals surface area contributed by atoms with E-state index in [9.17, 15) is 0 Å². The molecule has 1 rings (SSSR count). The summed E-state index contributed by atoms with van der Waals surface area (Å²) in [5.41, 5.74) is 7.00. The molecular formula is C9H13BrN2. The SMILES string of the molecule is CCC(N)Cc1ccc(Br)nc1. The summed E-state index contributed by atoms with van der Waals surface area (Å²) in [5.74, 6) is 0. The molecule has 0 aliphatic rings. The Labute approximate surface area is 81.3 Å². The Hall–Kier alpha value is -0.410. The molecule has 1 aromatic rings. The molecule has 1 atom stereocenters. The number of hydrogen-bond donors (Lipinski definition) is 1. The monoisotopic (exact) mass is 228 g/mol. The van der Waals surface area contributed by atoms with Crippen LogP contribution in [0.15, 0.2) is 22.9 Å². The molecular weight excluding hydrogens is 216 g/mol. The standard InChI is InChI=1S/C9H13BrN2/c1-2-8(11)5-7-3-4-9(10)12-6-7/h3-4,6,8H,2,5,11H2,1H3. The van der Waals surface area contributed by atoms with E-state index in [1.165, 1.54) is 5.56 Å². The van der Waals surface area contributed by atoms with Gasteiger partial charge in [0.25, 0.3) is 0 Å². The van der Waals surface area contributed by atoms with E-state index in [4.69, 9.17) is 5.73 Å². The van der Waals surface area contributed by atoms with E-state index < -0.39 is 0 Å². The first-order valence-corrected chi connectivity index (χ1v) is 4.87. The van der Waals surface area contributed by atoms with Crippen molar-refractivity contribution in [2.45, 2.75) is 25.8 Å². The minimum atomic E-state index is 0.257. The third-order valence-electron chi connectivity index (χ3n) is 1.81. The fraction of sp³-hybridized carbons (Fsp3) is 0.444. The number of rotatable bonds is 3. The van der Waals surface area contributed by atoms with Gasteiger partial charge in [0, 0.05) is 12.2 Å². The lowest BCUT2D eigenvalue weighted by atomic mass is 10.1. The first-order valence-electron chi connectivity index (χ1n) is 4.08. The van der Waals surface area contributed by atoms with Crippen LogP contribution in [0.2, 0.25) is 0 Å². The highest BCUT2D eigenvalue weighted by atomic mass is 79.9. The van der Waals surface area contributed by atoms with Crippen LogP contribution >= 0.6 is 15.9 Å². The minimum absolute atomic E-state index is 0.257. The maximum absolute atomic E-state index is 5.80. The smallest absolute Gasteiger partial charge is 0.106 e.